The lowest BCUT2D eigenvalue weighted by molar-refractivity contribution is 0.0593. The summed E-state index contributed by atoms with van der Waals surface area (Å²) in [6, 6.07) is 2.30. The third-order valence-electron chi connectivity index (χ3n) is 1.75. The van der Waals surface area contributed by atoms with Crippen LogP contribution in [0, 0.1) is 11.3 Å². The maximum Gasteiger partial charge on any atom is 0.356 e. The van der Waals surface area contributed by atoms with Crippen LogP contribution in [0.3, 0.4) is 0 Å². The molecule has 0 saturated carbocycles. The van der Waals surface area contributed by atoms with E-state index in [-0.39, 0.29) is 5.69 Å². The first-order valence-electron chi connectivity index (χ1n) is 3.98. The average molecular weight is 247 g/mol. The minimum Gasteiger partial charge on any atom is -0.464 e. The van der Waals surface area contributed by atoms with Crippen molar-refractivity contribution >= 4 is 17.6 Å². The molecular weight excluding hydrogens is 242 g/mol. The molecule has 0 fully saturated rings. The van der Waals surface area contributed by atoms with Gasteiger partial charge in [-0.2, -0.15) is 5.26 Å². The van der Waals surface area contributed by atoms with Gasteiger partial charge >= 0.3 is 5.97 Å². The first-order chi connectivity index (χ1) is 7.51. The van der Waals surface area contributed by atoms with E-state index in [1.165, 1.54) is 6.07 Å². The van der Waals surface area contributed by atoms with Crippen molar-refractivity contribution < 1.29 is 18.3 Å². The highest BCUT2D eigenvalue weighted by atomic mass is 35.5. The van der Waals surface area contributed by atoms with Gasteiger partial charge in [0, 0.05) is 5.56 Å². The molecule has 0 aliphatic rings. The number of esters is 1. The largest absolute Gasteiger partial charge is 0.464 e. The van der Waals surface area contributed by atoms with Gasteiger partial charge in [-0.1, -0.05) is 11.6 Å². The highest BCUT2D eigenvalue weighted by molar-refractivity contribution is 6.30. The topological polar surface area (TPSA) is 63.0 Å². The fourth-order valence-corrected chi connectivity index (χ4v) is 1.27. The van der Waals surface area contributed by atoms with Crippen LogP contribution in [0.25, 0.3) is 0 Å². The smallest absolute Gasteiger partial charge is 0.356 e. The van der Waals surface area contributed by atoms with Gasteiger partial charge in [0.2, 0.25) is 0 Å². The van der Waals surface area contributed by atoms with Crippen LogP contribution in [0.5, 0.6) is 0 Å². The summed E-state index contributed by atoms with van der Waals surface area (Å²) in [7, 11) is 1.08. The molecule has 0 saturated heterocycles. The summed E-state index contributed by atoms with van der Waals surface area (Å²) in [6.07, 6.45) is -2.92. The molecule has 0 atom stereocenters. The Bertz CT molecular complexity index is 471. The van der Waals surface area contributed by atoms with Crippen LogP contribution in [0.15, 0.2) is 6.07 Å². The molecule has 0 amide bonds. The summed E-state index contributed by atoms with van der Waals surface area (Å²) in [5.41, 5.74) is -1.44. The van der Waals surface area contributed by atoms with Gasteiger partial charge in [-0.3, -0.25) is 0 Å². The molecule has 0 radical (unpaired) electrons. The Kier molecular flexibility index (Phi) is 3.74. The normalized spacial score (nSPS) is 10.0. The second-order valence-corrected chi connectivity index (χ2v) is 3.02. The molecule has 0 aliphatic carbocycles. The maximum atomic E-state index is 12.6. The number of nitriles is 1. The van der Waals surface area contributed by atoms with Gasteiger partial charge in [0.25, 0.3) is 6.43 Å². The predicted molar refractivity (Wildman–Crippen MR) is 50.3 cm³/mol. The SMILES string of the molecule is COC(=O)c1cc(C(F)F)c(C#N)c(Cl)n1. The molecule has 0 N–H and O–H groups in total. The third kappa shape index (κ3) is 2.25. The van der Waals surface area contributed by atoms with E-state index in [2.05, 4.69) is 9.72 Å². The third-order valence-corrected chi connectivity index (χ3v) is 2.02. The van der Waals surface area contributed by atoms with Crippen LogP contribution in [-0.4, -0.2) is 18.1 Å². The molecule has 0 aromatic carbocycles. The Morgan fingerprint density at radius 3 is 2.75 bits per heavy atom. The zero-order valence-electron chi connectivity index (χ0n) is 8.00. The van der Waals surface area contributed by atoms with Crippen LogP contribution in [0.4, 0.5) is 8.78 Å². The fraction of sp³-hybridized carbons (Fsp3) is 0.222. The number of alkyl halides is 2. The van der Waals surface area contributed by atoms with E-state index in [4.69, 9.17) is 16.9 Å². The molecule has 1 heterocycles. The van der Waals surface area contributed by atoms with Crippen molar-refractivity contribution in [2.75, 3.05) is 7.11 Å². The number of hydrogen-bond acceptors (Lipinski definition) is 4. The minimum absolute atomic E-state index is 0.359. The lowest BCUT2D eigenvalue weighted by Crippen LogP contribution is -2.07. The molecule has 84 valence electrons. The van der Waals surface area contributed by atoms with Crippen molar-refractivity contribution in [2.24, 2.45) is 0 Å². The van der Waals surface area contributed by atoms with Crippen LogP contribution >= 0.6 is 11.6 Å². The second-order valence-electron chi connectivity index (χ2n) is 2.67. The van der Waals surface area contributed by atoms with Gasteiger partial charge in [-0.15, -0.1) is 0 Å². The molecule has 7 heteroatoms. The zero-order chi connectivity index (χ0) is 12.3. The minimum atomic E-state index is -2.92. The van der Waals surface area contributed by atoms with E-state index < -0.39 is 28.7 Å². The van der Waals surface area contributed by atoms with Crippen molar-refractivity contribution in [2.45, 2.75) is 6.43 Å². The summed E-state index contributed by atoms with van der Waals surface area (Å²) in [5.74, 6) is -0.895. The van der Waals surface area contributed by atoms with Gasteiger partial charge in [0.05, 0.1) is 12.7 Å². The summed E-state index contributed by atoms with van der Waals surface area (Å²) < 4.78 is 29.4. The van der Waals surface area contributed by atoms with E-state index in [1.807, 2.05) is 0 Å². The van der Waals surface area contributed by atoms with Crippen molar-refractivity contribution in [1.82, 2.24) is 4.98 Å². The Hall–Kier alpha value is -1.74. The Morgan fingerprint density at radius 1 is 1.69 bits per heavy atom. The fourth-order valence-electron chi connectivity index (χ4n) is 1.02. The number of methoxy groups -OCH3 is 1. The summed E-state index contributed by atoms with van der Waals surface area (Å²) in [5, 5.41) is 8.17. The van der Waals surface area contributed by atoms with Crippen molar-refractivity contribution in [3.63, 3.8) is 0 Å². The second kappa shape index (κ2) is 4.86. The first kappa shape index (κ1) is 12.3. The van der Waals surface area contributed by atoms with E-state index in [1.54, 1.807) is 0 Å². The monoisotopic (exact) mass is 246 g/mol. The number of ether oxygens (including phenoxy) is 1. The predicted octanol–water partition coefficient (Wildman–Crippen LogP) is 2.33. The molecule has 1 rings (SSSR count). The molecular formula is C9H5ClF2N2O2. The van der Waals surface area contributed by atoms with Gasteiger partial charge in [0.15, 0.2) is 5.69 Å². The maximum absolute atomic E-state index is 12.6. The van der Waals surface area contributed by atoms with Crippen molar-refractivity contribution in [3.05, 3.63) is 28.0 Å². The molecule has 0 spiro atoms. The summed E-state index contributed by atoms with van der Waals surface area (Å²) >= 11 is 5.51. The number of nitrogens with zero attached hydrogens (tertiary/aromatic N) is 2. The number of carbonyl (C=O) groups is 1. The van der Waals surface area contributed by atoms with Crippen LogP contribution in [-0.2, 0) is 4.74 Å². The number of carbonyl (C=O) groups excluding carboxylic acids is 1. The van der Waals surface area contributed by atoms with E-state index in [0.717, 1.165) is 13.2 Å². The number of pyridine rings is 1. The quantitative estimate of drug-likeness (QED) is 0.593. The number of halogens is 3. The van der Waals surface area contributed by atoms with Gasteiger partial charge in [0.1, 0.15) is 11.2 Å². The molecule has 1 aromatic heterocycles. The highest BCUT2D eigenvalue weighted by Crippen LogP contribution is 2.27. The Morgan fingerprint density at radius 2 is 2.31 bits per heavy atom. The molecule has 0 unspecified atom stereocenters. The van der Waals surface area contributed by atoms with Gasteiger partial charge in [-0.05, 0) is 6.07 Å². The molecule has 1 aromatic rings. The lowest BCUT2D eigenvalue weighted by atomic mass is 10.1. The van der Waals surface area contributed by atoms with Crippen LogP contribution < -0.4 is 0 Å². The Balaban J connectivity index is 3.41. The molecule has 4 nitrogen and oxygen atoms in total. The Labute approximate surface area is 94.4 Å². The molecule has 0 bridgehead atoms. The standard InChI is InChI=1S/C9H5ClF2N2O2/c1-16-9(15)6-2-4(8(11)12)5(3-13)7(10)14-6/h2,8H,1H3. The van der Waals surface area contributed by atoms with Crippen LogP contribution in [0.1, 0.15) is 28.0 Å². The summed E-state index contributed by atoms with van der Waals surface area (Å²) in [6.45, 7) is 0. The summed E-state index contributed by atoms with van der Waals surface area (Å²) in [4.78, 5) is 14.6. The van der Waals surface area contributed by atoms with Crippen LogP contribution in [0.2, 0.25) is 5.15 Å². The number of rotatable bonds is 2. The number of hydrogen-bond donors (Lipinski definition) is 0. The van der Waals surface area contributed by atoms with Gasteiger partial charge < -0.3 is 4.74 Å². The van der Waals surface area contributed by atoms with E-state index in [0.29, 0.717) is 0 Å². The first-order valence-corrected chi connectivity index (χ1v) is 4.36. The highest BCUT2D eigenvalue weighted by Gasteiger charge is 2.21. The lowest BCUT2D eigenvalue weighted by Gasteiger charge is -2.06. The molecule has 16 heavy (non-hydrogen) atoms. The van der Waals surface area contributed by atoms with E-state index >= 15 is 0 Å². The zero-order valence-corrected chi connectivity index (χ0v) is 8.76. The van der Waals surface area contributed by atoms with Gasteiger partial charge in [-0.25, -0.2) is 18.6 Å². The number of aromatic nitrogens is 1. The van der Waals surface area contributed by atoms with E-state index in [9.17, 15) is 13.6 Å². The average Bonchev–Trinajstić information content (AvgIpc) is 2.26. The van der Waals surface area contributed by atoms with Crippen molar-refractivity contribution in [1.29, 1.82) is 5.26 Å². The van der Waals surface area contributed by atoms with Crippen molar-refractivity contribution in [3.8, 4) is 6.07 Å². The molecule has 0 aliphatic heterocycles.